The van der Waals surface area contributed by atoms with E-state index in [0.29, 0.717) is 4.47 Å². The van der Waals surface area contributed by atoms with E-state index in [-0.39, 0.29) is 28.8 Å². The molecule has 0 aliphatic rings. The Hall–Kier alpha value is -2.07. The summed E-state index contributed by atoms with van der Waals surface area (Å²) in [6.45, 7) is 0. The molecule has 134 valence electrons. The SMILES string of the molecule is O=C(c1cccc(Br)c1)N(O)c1cc(C(F)(F)F)cc(C(F)(F)F)c1. The number of hydrogen-bond acceptors (Lipinski definition) is 2. The van der Waals surface area contributed by atoms with Crippen LogP contribution >= 0.6 is 15.9 Å². The second-order valence-corrected chi connectivity index (χ2v) is 5.81. The zero-order valence-electron chi connectivity index (χ0n) is 12.0. The fraction of sp³-hybridized carbons (Fsp3) is 0.133. The average Bonchev–Trinajstić information content (AvgIpc) is 2.51. The van der Waals surface area contributed by atoms with Crippen LogP contribution in [-0.2, 0) is 12.4 Å². The lowest BCUT2D eigenvalue weighted by Gasteiger charge is -2.19. The maximum atomic E-state index is 12.8. The van der Waals surface area contributed by atoms with Gasteiger partial charge in [-0.2, -0.15) is 31.4 Å². The van der Waals surface area contributed by atoms with Crippen molar-refractivity contribution in [3.05, 3.63) is 63.6 Å². The number of anilines is 1. The summed E-state index contributed by atoms with van der Waals surface area (Å²) in [5.74, 6) is -1.19. The van der Waals surface area contributed by atoms with Gasteiger partial charge in [0.25, 0.3) is 5.91 Å². The van der Waals surface area contributed by atoms with Crippen LogP contribution in [-0.4, -0.2) is 11.1 Å². The number of carbonyl (C=O) groups excluding carboxylic acids is 1. The number of rotatable bonds is 2. The Morgan fingerprint density at radius 1 is 0.920 bits per heavy atom. The van der Waals surface area contributed by atoms with Gasteiger partial charge in [-0.15, -0.1) is 0 Å². The standard InChI is InChI=1S/C15H8BrF6NO2/c16-11-3-1-2-8(4-11)13(24)23(25)12-6-9(14(17,18)19)5-10(7-12)15(20,21)22/h1-7,25H. The summed E-state index contributed by atoms with van der Waals surface area (Å²) < 4.78 is 77.3. The fourth-order valence-corrected chi connectivity index (χ4v) is 2.32. The second-order valence-electron chi connectivity index (χ2n) is 4.89. The number of hydroxylamine groups is 1. The Morgan fingerprint density at radius 3 is 1.88 bits per heavy atom. The molecule has 0 radical (unpaired) electrons. The lowest BCUT2D eigenvalue weighted by Crippen LogP contribution is -2.28. The molecule has 0 saturated heterocycles. The molecular weight excluding hydrogens is 420 g/mol. The molecule has 0 aliphatic carbocycles. The molecule has 0 unspecified atom stereocenters. The maximum absolute atomic E-state index is 12.8. The van der Waals surface area contributed by atoms with Crippen LogP contribution in [0.25, 0.3) is 0 Å². The van der Waals surface area contributed by atoms with Gasteiger partial charge in [-0.1, -0.05) is 22.0 Å². The molecule has 0 spiro atoms. The van der Waals surface area contributed by atoms with Crippen molar-refractivity contribution >= 4 is 27.5 Å². The molecule has 2 aromatic rings. The van der Waals surface area contributed by atoms with Gasteiger partial charge in [0, 0.05) is 10.0 Å². The number of alkyl halides is 6. The topological polar surface area (TPSA) is 40.5 Å². The van der Waals surface area contributed by atoms with Gasteiger partial charge < -0.3 is 0 Å². The molecule has 0 bridgehead atoms. The first-order valence-electron chi connectivity index (χ1n) is 6.48. The van der Waals surface area contributed by atoms with Crippen LogP contribution in [0.2, 0.25) is 0 Å². The van der Waals surface area contributed by atoms with Gasteiger partial charge in [0.1, 0.15) is 0 Å². The first kappa shape index (κ1) is 19.3. The average molecular weight is 428 g/mol. The zero-order valence-corrected chi connectivity index (χ0v) is 13.6. The van der Waals surface area contributed by atoms with Gasteiger partial charge in [-0.3, -0.25) is 10.0 Å². The van der Waals surface area contributed by atoms with E-state index in [9.17, 15) is 36.3 Å². The van der Waals surface area contributed by atoms with E-state index in [0.717, 1.165) is 0 Å². The van der Waals surface area contributed by atoms with Crippen LogP contribution in [0.1, 0.15) is 21.5 Å². The van der Waals surface area contributed by atoms with E-state index in [1.807, 2.05) is 0 Å². The third-order valence-corrected chi connectivity index (χ3v) is 3.57. The van der Waals surface area contributed by atoms with Gasteiger partial charge in [0.15, 0.2) is 0 Å². The summed E-state index contributed by atoms with van der Waals surface area (Å²) in [4.78, 5) is 12.1. The van der Waals surface area contributed by atoms with E-state index < -0.39 is 35.1 Å². The Labute approximate surface area is 145 Å². The maximum Gasteiger partial charge on any atom is 0.416 e. The highest BCUT2D eigenvalue weighted by molar-refractivity contribution is 9.10. The van der Waals surface area contributed by atoms with Crippen LogP contribution in [0.15, 0.2) is 46.9 Å². The molecule has 0 atom stereocenters. The highest BCUT2D eigenvalue weighted by atomic mass is 79.9. The van der Waals surface area contributed by atoms with Crippen molar-refractivity contribution in [1.82, 2.24) is 0 Å². The minimum atomic E-state index is -5.09. The molecule has 10 heteroatoms. The van der Waals surface area contributed by atoms with Crippen molar-refractivity contribution in [3.8, 4) is 0 Å². The third-order valence-electron chi connectivity index (χ3n) is 3.08. The second kappa shape index (κ2) is 6.68. The lowest BCUT2D eigenvalue weighted by molar-refractivity contribution is -0.143. The van der Waals surface area contributed by atoms with E-state index in [2.05, 4.69) is 15.9 Å². The number of benzene rings is 2. The van der Waals surface area contributed by atoms with Crippen LogP contribution in [0, 0.1) is 0 Å². The number of amides is 1. The molecule has 25 heavy (non-hydrogen) atoms. The molecular formula is C15H8BrF6NO2. The molecule has 0 aliphatic heterocycles. The molecule has 0 saturated carbocycles. The molecule has 0 aromatic heterocycles. The Balaban J connectivity index is 2.51. The predicted molar refractivity (Wildman–Crippen MR) is 79.2 cm³/mol. The minimum Gasteiger partial charge on any atom is -0.281 e. The van der Waals surface area contributed by atoms with E-state index in [1.54, 1.807) is 6.07 Å². The summed E-state index contributed by atoms with van der Waals surface area (Å²) in [6.07, 6.45) is -10.2. The molecule has 0 heterocycles. The van der Waals surface area contributed by atoms with Gasteiger partial charge >= 0.3 is 12.4 Å². The van der Waals surface area contributed by atoms with Crippen molar-refractivity contribution in [2.75, 3.05) is 5.06 Å². The molecule has 3 nitrogen and oxygen atoms in total. The Bertz CT molecular complexity index is 771. The fourth-order valence-electron chi connectivity index (χ4n) is 1.92. The first-order valence-corrected chi connectivity index (χ1v) is 7.27. The van der Waals surface area contributed by atoms with Gasteiger partial charge in [-0.25, -0.2) is 0 Å². The summed E-state index contributed by atoms with van der Waals surface area (Å²) in [7, 11) is 0. The Kier molecular flexibility index (Phi) is 5.14. The largest absolute Gasteiger partial charge is 0.416 e. The summed E-state index contributed by atoms with van der Waals surface area (Å²) >= 11 is 3.06. The van der Waals surface area contributed by atoms with Crippen molar-refractivity contribution in [2.45, 2.75) is 12.4 Å². The lowest BCUT2D eigenvalue weighted by atomic mass is 10.1. The van der Waals surface area contributed by atoms with E-state index in [1.165, 1.54) is 18.2 Å². The number of hydrogen-bond donors (Lipinski definition) is 1. The van der Waals surface area contributed by atoms with Crippen molar-refractivity contribution in [3.63, 3.8) is 0 Å². The quantitative estimate of drug-likeness (QED) is 0.389. The normalized spacial score (nSPS) is 12.2. The first-order chi connectivity index (χ1) is 11.4. The van der Waals surface area contributed by atoms with Crippen LogP contribution in [0.3, 0.4) is 0 Å². The van der Waals surface area contributed by atoms with E-state index in [4.69, 9.17) is 0 Å². The third kappa shape index (κ3) is 4.51. The monoisotopic (exact) mass is 427 g/mol. The van der Waals surface area contributed by atoms with Crippen LogP contribution < -0.4 is 5.06 Å². The summed E-state index contributed by atoms with van der Waals surface area (Å²) in [5.41, 5.74) is -4.37. The minimum absolute atomic E-state index is 0.0963. The summed E-state index contributed by atoms with van der Waals surface area (Å²) in [6, 6.07) is 5.87. The molecule has 1 amide bonds. The molecule has 2 rings (SSSR count). The van der Waals surface area contributed by atoms with Crippen LogP contribution in [0.5, 0.6) is 0 Å². The molecule has 1 N–H and O–H groups in total. The van der Waals surface area contributed by atoms with Crippen molar-refractivity contribution in [2.24, 2.45) is 0 Å². The summed E-state index contributed by atoms with van der Waals surface area (Å²) in [5, 5.41) is 9.59. The van der Waals surface area contributed by atoms with Crippen molar-refractivity contribution in [1.29, 1.82) is 0 Å². The van der Waals surface area contributed by atoms with Gasteiger partial charge in [0.05, 0.1) is 16.8 Å². The predicted octanol–water partition coefficient (Wildman–Crippen LogP) is 5.52. The number of carbonyl (C=O) groups is 1. The van der Waals surface area contributed by atoms with E-state index >= 15 is 0 Å². The highest BCUT2D eigenvalue weighted by Crippen LogP contribution is 2.38. The zero-order chi connectivity index (χ0) is 19.0. The van der Waals surface area contributed by atoms with Gasteiger partial charge in [-0.05, 0) is 36.4 Å². The molecule has 0 fully saturated rings. The highest BCUT2D eigenvalue weighted by Gasteiger charge is 2.37. The van der Waals surface area contributed by atoms with Crippen LogP contribution in [0.4, 0.5) is 32.0 Å². The molecule has 2 aromatic carbocycles. The number of nitrogens with zero attached hydrogens (tertiary/aromatic N) is 1. The smallest absolute Gasteiger partial charge is 0.281 e. The van der Waals surface area contributed by atoms with Crippen molar-refractivity contribution < 1.29 is 36.3 Å². The number of halogens is 7. The Morgan fingerprint density at radius 2 is 1.44 bits per heavy atom. The van der Waals surface area contributed by atoms with Gasteiger partial charge in [0.2, 0.25) is 0 Å².